The van der Waals surface area contributed by atoms with Crippen LogP contribution in [0.5, 0.6) is 5.75 Å². The molecule has 1 aromatic heterocycles. The first-order chi connectivity index (χ1) is 7.61. The zero-order valence-electron chi connectivity index (χ0n) is 8.95. The van der Waals surface area contributed by atoms with Crippen molar-refractivity contribution in [1.82, 2.24) is 4.98 Å². The molecule has 2 aromatic rings. The molecule has 16 heavy (non-hydrogen) atoms. The summed E-state index contributed by atoms with van der Waals surface area (Å²) in [7, 11) is 1.50. The lowest BCUT2D eigenvalue weighted by molar-refractivity contribution is 0.411. The lowest BCUT2D eigenvalue weighted by Gasteiger charge is -2.04. The maximum atomic E-state index is 13.8. The van der Waals surface area contributed by atoms with Gasteiger partial charge in [0, 0.05) is 16.5 Å². The second-order valence-electron chi connectivity index (χ2n) is 3.30. The molecule has 0 spiro atoms. The summed E-state index contributed by atoms with van der Waals surface area (Å²) >= 11 is 1.35. The Morgan fingerprint density at radius 3 is 2.69 bits per heavy atom. The van der Waals surface area contributed by atoms with Crippen LogP contribution in [0, 0.1) is 12.7 Å². The molecule has 0 amide bonds. The van der Waals surface area contributed by atoms with Gasteiger partial charge >= 0.3 is 0 Å². The molecule has 0 aliphatic rings. The van der Waals surface area contributed by atoms with Crippen LogP contribution in [-0.2, 0) is 0 Å². The molecule has 1 heterocycles. The number of methoxy groups -OCH3 is 1. The van der Waals surface area contributed by atoms with Gasteiger partial charge in [-0.3, -0.25) is 0 Å². The monoisotopic (exact) mass is 238 g/mol. The largest absolute Gasteiger partial charge is 0.497 e. The summed E-state index contributed by atoms with van der Waals surface area (Å²) in [4.78, 5) is 5.02. The van der Waals surface area contributed by atoms with Crippen LogP contribution in [0.15, 0.2) is 18.2 Å². The predicted molar refractivity (Wildman–Crippen MR) is 63.2 cm³/mol. The summed E-state index contributed by atoms with van der Waals surface area (Å²) in [6.07, 6.45) is 0. The highest BCUT2D eigenvalue weighted by atomic mass is 32.1. The number of nitrogens with zero attached hydrogens (tertiary/aromatic N) is 1. The van der Waals surface area contributed by atoms with Gasteiger partial charge in [-0.1, -0.05) is 0 Å². The van der Waals surface area contributed by atoms with Gasteiger partial charge in [0.25, 0.3) is 0 Å². The molecule has 3 nitrogen and oxygen atoms in total. The van der Waals surface area contributed by atoms with E-state index >= 15 is 0 Å². The van der Waals surface area contributed by atoms with Crippen LogP contribution in [0.1, 0.15) is 4.88 Å². The second kappa shape index (κ2) is 4.09. The lowest BCUT2D eigenvalue weighted by Crippen LogP contribution is -1.90. The molecular weight excluding hydrogens is 227 g/mol. The minimum absolute atomic E-state index is 0.354. The molecule has 0 radical (unpaired) electrons. The lowest BCUT2D eigenvalue weighted by atomic mass is 10.1. The zero-order valence-corrected chi connectivity index (χ0v) is 9.77. The van der Waals surface area contributed by atoms with Gasteiger partial charge in [0.2, 0.25) is 0 Å². The van der Waals surface area contributed by atoms with Gasteiger partial charge in [-0.2, -0.15) is 0 Å². The molecule has 0 bridgehead atoms. The van der Waals surface area contributed by atoms with Crippen LogP contribution in [0.3, 0.4) is 0 Å². The highest BCUT2D eigenvalue weighted by Gasteiger charge is 2.13. The molecule has 0 aliphatic carbocycles. The maximum absolute atomic E-state index is 13.8. The van der Waals surface area contributed by atoms with Gasteiger partial charge in [-0.25, -0.2) is 9.37 Å². The van der Waals surface area contributed by atoms with E-state index in [1.54, 1.807) is 12.1 Å². The van der Waals surface area contributed by atoms with E-state index in [0.29, 0.717) is 22.1 Å². The summed E-state index contributed by atoms with van der Waals surface area (Å²) < 4.78 is 18.7. The van der Waals surface area contributed by atoms with Crippen LogP contribution in [0.25, 0.3) is 11.3 Å². The van der Waals surface area contributed by atoms with Crippen molar-refractivity contribution < 1.29 is 9.13 Å². The molecule has 1 aromatic carbocycles. The highest BCUT2D eigenvalue weighted by molar-refractivity contribution is 7.15. The van der Waals surface area contributed by atoms with Crippen LogP contribution >= 0.6 is 11.3 Å². The summed E-state index contributed by atoms with van der Waals surface area (Å²) in [6.45, 7) is 1.87. The Labute approximate surface area is 96.7 Å². The first kappa shape index (κ1) is 10.9. The molecule has 0 saturated heterocycles. The normalized spacial score (nSPS) is 10.4. The number of anilines is 1. The number of hydrogen-bond acceptors (Lipinski definition) is 4. The molecule has 2 rings (SSSR count). The Bertz CT molecular complexity index is 525. The SMILES string of the molecule is COc1ccc(-c2nc(N)sc2C)c(F)c1. The maximum Gasteiger partial charge on any atom is 0.180 e. The summed E-state index contributed by atoms with van der Waals surface area (Å²) in [5.41, 5.74) is 6.63. The van der Waals surface area contributed by atoms with E-state index in [1.807, 2.05) is 6.92 Å². The van der Waals surface area contributed by atoms with Crippen molar-refractivity contribution in [3.8, 4) is 17.0 Å². The fourth-order valence-corrected chi connectivity index (χ4v) is 2.18. The standard InChI is InChI=1S/C11H11FN2OS/c1-6-10(14-11(13)16-6)8-4-3-7(15-2)5-9(8)12/h3-5H,1-2H3,(H2,13,14). The minimum atomic E-state index is -0.354. The summed E-state index contributed by atoms with van der Waals surface area (Å²) in [5.74, 6) is 0.134. The third kappa shape index (κ3) is 1.86. The first-order valence-corrected chi connectivity index (χ1v) is 5.50. The smallest absolute Gasteiger partial charge is 0.180 e. The van der Waals surface area contributed by atoms with Crippen LogP contribution < -0.4 is 10.5 Å². The predicted octanol–water partition coefficient (Wildman–Crippen LogP) is 2.85. The number of nitrogen functional groups attached to an aromatic ring is 1. The van der Waals surface area contributed by atoms with Crippen molar-refractivity contribution in [1.29, 1.82) is 0 Å². The van der Waals surface area contributed by atoms with Gasteiger partial charge in [0.1, 0.15) is 11.6 Å². The molecule has 0 saturated carbocycles. The first-order valence-electron chi connectivity index (χ1n) is 4.68. The molecule has 2 N–H and O–H groups in total. The van der Waals surface area contributed by atoms with Gasteiger partial charge < -0.3 is 10.5 Å². The molecule has 5 heteroatoms. The quantitative estimate of drug-likeness (QED) is 0.875. The van der Waals surface area contributed by atoms with Gasteiger partial charge in [0.05, 0.1) is 12.8 Å². The number of aryl methyl sites for hydroxylation is 1. The van der Waals surface area contributed by atoms with Crippen LogP contribution in [0.4, 0.5) is 9.52 Å². The Kier molecular flexibility index (Phi) is 2.78. The van der Waals surface area contributed by atoms with Gasteiger partial charge in [-0.15, -0.1) is 11.3 Å². The van der Waals surface area contributed by atoms with Crippen molar-refractivity contribution in [2.45, 2.75) is 6.92 Å². The van der Waals surface area contributed by atoms with E-state index in [0.717, 1.165) is 4.88 Å². The number of thiazole rings is 1. The zero-order chi connectivity index (χ0) is 11.7. The Balaban J connectivity index is 2.52. The minimum Gasteiger partial charge on any atom is -0.497 e. The van der Waals surface area contributed by atoms with E-state index in [1.165, 1.54) is 24.5 Å². The average Bonchev–Trinajstić information content (AvgIpc) is 2.57. The molecular formula is C11H11FN2OS. The number of nitrogens with two attached hydrogens (primary N) is 1. The number of hydrogen-bond donors (Lipinski definition) is 1. The number of rotatable bonds is 2. The molecule has 0 unspecified atom stereocenters. The summed E-state index contributed by atoms with van der Waals surface area (Å²) in [6, 6.07) is 4.69. The van der Waals surface area contributed by atoms with E-state index in [2.05, 4.69) is 4.98 Å². The van der Waals surface area contributed by atoms with Crippen molar-refractivity contribution in [2.24, 2.45) is 0 Å². The Morgan fingerprint density at radius 2 is 2.19 bits per heavy atom. The number of aromatic nitrogens is 1. The van der Waals surface area contributed by atoms with E-state index in [-0.39, 0.29) is 5.82 Å². The topological polar surface area (TPSA) is 48.1 Å². The average molecular weight is 238 g/mol. The van der Waals surface area contributed by atoms with Crippen molar-refractivity contribution in [3.05, 3.63) is 28.9 Å². The molecule has 0 atom stereocenters. The van der Waals surface area contributed by atoms with Crippen molar-refractivity contribution in [2.75, 3.05) is 12.8 Å². The Morgan fingerprint density at radius 1 is 1.44 bits per heavy atom. The molecule has 84 valence electrons. The van der Waals surface area contributed by atoms with Gasteiger partial charge in [-0.05, 0) is 19.1 Å². The molecule has 0 fully saturated rings. The van der Waals surface area contributed by atoms with Crippen molar-refractivity contribution >= 4 is 16.5 Å². The number of halogens is 1. The third-order valence-corrected chi connectivity index (χ3v) is 3.04. The van der Waals surface area contributed by atoms with E-state index < -0.39 is 0 Å². The third-order valence-electron chi connectivity index (χ3n) is 2.24. The highest BCUT2D eigenvalue weighted by Crippen LogP contribution is 2.31. The fraction of sp³-hybridized carbons (Fsp3) is 0.182. The number of ether oxygens (including phenoxy) is 1. The summed E-state index contributed by atoms with van der Waals surface area (Å²) in [5, 5.41) is 0.447. The van der Waals surface area contributed by atoms with E-state index in [4.69, 9.17) is 10.5 Å². The number of benzene rings is 1. The van der Waals surface area contributed by atoms with Crippen LogP contribution in [0.2, 0.25) is 0 Å². The Hall–Kier alpha value is -1.62. The second-order valence-corrected chi connectivity index (χ2v) is 4.54. The molecule has 0 aliphatic heterocycles. The van der Waals surface area contributed by atoms with Crippen LogP contribution in [-0.4, -0.2) is 12.1 Å². The van der Waals surface area contributed by atoms with Crippen molar-refractivity contribution in [3.63, 3.8) is 0 Å². The fourth-order valence-electron chi connectivity index (χ4n) is 1.48. The van der Waals surface area contributed by atoms with E-state index in [9.17, 15) is 4.39 Å². The van der Waals surface area contributed by atoms with Gasteiger partial charge in [0.15, 0.2) is 5.13 Å².